The van der Waals surface area contributed by atoms with Crippen LogP contribution in [0.5, 0.6) is 0 Å². The number of aryl methyl sites for hydroxylation is 1. The van der Waals surface area contributed by atoms with Crippen molar-refractivity contribution in [2.24, 2.45) is 0 Å². The fourth-order valence-corrected chi connectivity index (χ4v) is 3.78. The normalized spacial score (nSPS) is 12.3. The largest absolute Gasteiger partial charge is 0.374 e. The predicted octanol–water partition coefficient (Wildman–Crippen LogP) is 3.42. The lowest BCUT2D eigenvalue weighted by molar-refractivity contribution is -0.122. The van der Waals surface area contributed by atoms with Gasteiger partial charge in [0.2, 0.25) is 11.7 Å². The van der Waals surface area contributed by atoms with E-state index < -0.39 is 12.1 Å². The van der Waals surface area contributed by atoms with Crippen molar-refractivity contribution in [3.05, 3.63) is 95.6 Å². The van der Waals surface area contributed by atoms with Gasteiger partial charge in [-0.3, -0.25) is 4.79 Å². The molecule has 0 aliphatic heterocycles. The van der Waals surface area contributed by atoms with Crippen LogP contribution in [0.25, 0.3) is 11.4 Å². The molecule has 0 saturated carbocycles. The summed E-state index contributed by atoms with van der Waals surface area (Å²) in [6, 6.07) is 25.9. The van der Waals surface area contributed by atoms with E-state index in [1.807, 2.05) is 79.7 Å². The standard InChI is InChI=1S/C27H27N7O2/c1-19-7-5-8-20(13-19)15-25(29-23-11-3-2-4-12-23)27(35)30-24(16-28)18-36-17-21-9-6-10-22(14-21)26-31-33-34-32-26/h2-14,24-25,29H,15,17-18H2,1H3,(H,30,35)(H,31,32,33,34)/t24-,25+/m1/s1. The maximum atomic E-state index is 13.2. The molecule has 0 aliphatic rings. The van der Waals surface area contributed by atoms with E-state index in [0.717, 1.165) is 27.9 Å². The average molecular weight is 482 g/mol. The number of carbonyl (C=O) groups is 1. The molecule has 1 heterocycles. The van der Waals surface area contributed by atoms with E-state index in [9.17, 15) is 10.1 Å². The van der Waals surface area contributed by atoms with Crippen molar-refractivity contribution in [2.45, 2.75) is 32.0 Å². The maximum Gasteiger partial charge on any atom is 0.243 e. The molecular weight excluding hydrogens is 454 g/mol. The van der Waals surface area contributed by atoms with E-state index >= 15 is 0 Å². The molecule has 4 rings (SSSR count). The molecule has 1 amide bonds. The zero-order chi connectivity index (χ0) is 25.2. The summed E-state index contributed by atoms with van der Waals surface area (Å²) in [4.78, 5) is 13.2. The van der Waals surface area contributed by atoms with Gasteiger partial charge in [0.15, 0.2) is 0 Å². The smallest absolute Gasteiger partial charge is 0.243 e. The minimum atomic E-state index is -0.796. The Bertz CT molecular complexity index is 1300. The van der Waals surface area contributed by atoms with Gasteiger partial charge in [-0.1, -0.05) is 66.2 Å². The number of para-hydroxylation sites is 1. The Morgan fingerprint density at radius 2 is 1.86 bits per heavy atom. The molecule has 0 unspecified atom stereocenters. The molecular formula is C27H27N7O2. The zero-order valence-corrected chi connectivity index (χ0v) is 19.9. The number of aromatic amines is 1. The molecule has 0 saturated heterocycles. The van der Waals surface area contributed by atoms with Gasteiger partial charge in [0, 0.05) is 17.7 Å². The molecule has 4 aromatic rings. The third kappa shape index (κ3) is 6.98. The van der Waals surface area contributed by atoms with Gasteiger partial charge in [0.1, 0.15) is 12.1 Å². The Hall–Kier alpha value is -4.55. The van der Waals surface area contributed by atoms with Crippen molar-refractivity contribution in [2.75, 3.05) is 11.9 Å². The Labute approximate surface area is 209 Å². The summed E-state index contributed by atoms with van der Waals surface area (Å²) in [7, 11) is 0. The fourth-order valence-electron chi connectivity index (χ4n) is 3.78. The first-order chi connectivity index (χ1) is 17.6. The van der Waals surface area contributed by atoms with Crippen LogP contribution in [0, 0.1) is 18.3 Å². The number of hydrogen-bond acceptors (Lipinski definition) is 7. The number of nitriles is 1. The Balaban J connectivity index is 1.37. The summed E-state index contributed by atoms with van der Waals surface area (Å²) in [6.07, 6.45) is 0.476. The Morgan fingerprint density at radius 1 is 1.06 bits per heavy atom. The molecule has 0 radical (unpaired) electrons. The van der Waals surface area contributed by atoms with E-state index in [1.165, 1.54) is 0 Å². The van der Waals surface area contributed by atoms with Crippen LogP contribution in [-0.4, -0.2) is 45.2 Å². The predicted molar refractivity (Wildman–Crippen MR) is 136 cm³/mol. The van der Waals surface area contributed by atoms with E-state index in [-0.39, 0.29) is 19.1 Å². The van der Waals surface area contributed by atoms with E-state index in [0.29, 0.717) is 12.2 Å². The van der Waals surface area contributed by atoms with Gasteiger partial charge in [0.25, 0.3) is 0 Å². The molecule has 182 valence electrons. The molecule has 0 bridgehead atoms. The first-order valence-corrected chi connectivity index (χ1v) is 11.6. The van der Waals surface area contributed by atoms with Gasteiger partial charge >= 0.3 is 0 Å². The van der Waals surface area contributed by atoms with Crippen molar-refractivity contribution in [1.29, 1.82) is 5.26 Å². The lowest BCUT2D eigenvalue weighted by Gasteiger charge is -2.22. The molecule has 3 N–H and O–H groups in total. The van der Waals surface area contributed by atoms with Gasteiger partial charge in [-0.2, -0.15) is 10.5 Å². The van der Waals surface area contributed by atoms with Crippen molar-refractivity contribution < 1.29 is 9.53 Å². The van der Waals surface area contributed by atoms with Crippen LogP contribution in [-0.2, 0) is 22.6 Å². The topological polar surface area (TPSA) is 129 Å². The number of anilines is 1. The maximum absolute atomic E-state index is 13.2. The second-order valence-corrected chi connectivity index (χ2v) is 8.40. The number of benzene rings is 3. The molecule has 36 heavy (non-hydrogen) atoms. The number of nitrogens with zero attached hydrogens (tertiary/aromatic N) is 4. The average Bonchev–Trinajstić information content (AvgIpc) is 3.44. The molecule has 1 aromatic heterocycles. The number of H-pyrrole nitrogens is 1. The molecule has 0 fully saturated rings. The summed E-state index contributed by atoms with van der Waals surface area (Å²) in [5.41, 5.74) is 4.68. The highest BCUT2D eigenvalue weighted by molar-refractivity contribution is 5.85. The fraction of sp³-hybridized carbons (Fsp3) is 0.222. The summed E-state index contributed by atoms with van der Waals surface area (Å²) >= 11 is 0. The summed E-state index contributed by atoms with van der Waals surface area (Å²) in [5, 5.41) is 29.7. The molecule has 9 heteroatoms. The number of tetrazole rings is 1. The Kier molecular flexibility index (Phi) is 8.35. The van der Waals surface area contributed by atoms with Crippen LogP contribution < -0.4 is 10.6 Å². The van der Waals surface area contributed by atoms with Crippen LogP contribution in [0.15, 0.2) is 78.9 Å². The minimum Gasteiger partial charge on any atom is -0.374 e. The highest BCUT2D eigenvalue weighted by atomic mass is 16.5. The van der Waals surface area contributed by atoms with Crippen LogP contribution in [0.4, 0.5) is 5.69 Å². The number of carbonyl (C=O) groups excluding carboxylic acids is 1. The number of rotatable bonds is 11. The van der Waals surface area contributed by atoms with E-state index in [4.69, 9.17) is 4.74 Å². The zero-order valence-electron chi connectivity index (χ0n) is 19.9. The first kappa shape index (κ1) is 24.6. The number of amides is 1. The van der Waals surface area contributed by atoms with Crippen molar-refractivity contribution >= 4 is 11.6 Å². The lowest BCUT2D eigenvalue weighted by Crippen LogP contribution is -2.46. The molecule has 3 aromatic carbocycles. The van der Waals surface area contributed by atoms with Crippen LogP contribution >= 0.6 is 0 Å². The lowest BCUT2D eigenvalue weighted by atomic mass is 10.0. The van der Waals surface area contributed by atoms with Crippen molar-refractivity contribution in [3.8, 4) is 17.5 Å². The SMILES string of the molecule is Cc1cccc(C[C@H](Nc2ccccc2)C(=O)N[C@H](C#N)COCc2cccc(-c3nn[nH]n3)c2)c1. The second kappa shape index (κ2) is 12.2. The number of hydrogen-bond donors (Lipinski definition) is 3. The summed E-state index contributed by atoms with van der Waals surface area (Å²) in [5.74, 6) is 0.221. The summed E-state index contributed by atoms with van der Waals surface area (Å²) in [6.45, 7) is 2.34. The van der Waals surface area contributed by atoms with Crippen LogP contribution in [0.3, 0.4) is 0 Å². The van der Waals surface area contributed by atoms with E-state index in [2.05, 4.69) is 43.4 Å². The number of ether oxygens (including phenoxy) is 1. The minimum absolute atomic E-state index is 0.0528. The highest BCUT2D eigenvalue weighted by Gasteiger charge is 2.22. The van der Waals surface area contributed by atoms with Crippen LogP contribution in [0.2, 0.25) is 0 Å². The molecule has 0 spiro atoms. The summed E-state index contributed by atoms with van der Waals surface area (Å²) < 4.78 is 5.76. The Morgan fingerprint density at radius 3 is 2.61 bits per heavy atom. The monoisotopic (exact) mass is 481 g/mol. The van der Waals surface area contributed by atoms with Gasteiger partial charge in [-0.25, -0.2) is 0 Å². The van der Waals surface area contributed by atoms with Gasteiger partial charge in [-0.15, -0.1) is 10.2 Å². The van der Waals surface area contributed by atoms with Gasteiger partial charge < -0.3 is 15.4 Å². The van der Waals surface area contributed by atoms with Crippen LogP contribution in [0.1, 0.15) is 16.7 Å². The molecule has 0 aliphatic carbocycles. The quantitative estimate of drug-likeness (QED) is 0.299. The number of aromatic nitrogens is 4. The number of nitrogens with one attached hydrogen (secondary N) is 3. The highest BCUT2D eigenvalue weighted by Crippen LogP contribution is 2.16. The van der Waals surface area contributed by atoms with Gasteiger partial charge in [-0.05, 0) is 41.5 Å². The molecule has 9 nitrogen and oxygen atoms in total. The molecule has 2 atom stereocenters. The van der Waals surface area contributed by atoms with Crippen molar-refractivity contribution in [1.82, 2.24) is 25.9 Å². The van der Waals surface area contributed by atoms with E-state index in [1.54, 1.807) is 0 Å². The van der Waals surface area contributed by atoms with Gasteiger partial charge in [0.05, 0.1) is 19.3 Å². The second-order valence-electron chi connectivity index (χ2n) is 8.40. The van der Waals surface area contributed by atoms with Crippen molar-refractivity contribution in [3.63, 3.8) is 0 Å². The third-order valence-corrected chi connectivity index (χ3v) is 5.51. The first-order valence-electron chi connectivity index (χ1n) is 11.6. The third-order valence-electron chi connectivity index (χ3n) is 5.51.